The summed E-state index contributed by atoms with van der Waals surface area (Å²) in [5, 5.41) is 9.25. The van der Waals surface area contributed by atoms with Gasteiger partial charge in [-0.25, -0.2) is 9.67 Å². The van der Waals surface area contributed by atoms with E-state index in [4.69, 9.17) is 9.72 Å². The number of rotatable bonds is 5. The number of benzene rings is 1. The van der Waals surface area contributed by atoms with Crippen LogP contribution < -0.4 is 5.32 Å². The van der Waals surface area contributed by atoms with E-state index in [9.17, 15) is 4.79 Å². The Hall–Kier alpha value is -2.47. The highest BCUT2D eigenvalue weighted by atomic mass is 16.5. The van der Waals surface area contributed by atoms with Crippen LogP contribution in [0.2, 0.25) is 0 Å². The maximum atomic E-state index is 11.9. The van der Waals surface area contributed by atoms with E-state index in [1.807, 2.05) is 23.7 Å². The van der Waals surface area contributed by atoms with Gasteiger partial charge in [0.15, 0.2) is 11.5 Å². The molecule has 0 saturated carbocycles. The van der Waals surface area contributed by atoms with Crippen molar-refractivity contribution in [2.45, 2.75) is 27.3 Å². The number of ether oxygens (including phenoxy) is 1. The van der Waals surface area contributed by atoms with Crippen LogP contribution in [-0.2, 0) is 16.1 Å². The Labute approximate surface area is 140 Å². The van der Waals surface area contributed by atoms with E-state index in [-0.39, 0.29) is 12.5 Å². The predicted octanol–water partition coefficient (Wildman–Crippen LogP) is 3.13. The van der Waals surface area contributed by atoms with Gasteiger partial charge in [-0.1, -0.05) is 26.0 Å². The number of hydrogen-bond acceptors (Lipinski definition) is 4. The van der Waals surface area contributed by atoms with E-state index in [0.29, 0.717) is 11.7 Å². The third kappa shape index (κ3) is 3.23. The van der Waals surface area contributed by atoms with Gasteiger partial charge in [0.05, 0.1) is 10.9 Å². The molecule has 1 aromatic carbocycles. The number of carbonyl (C=O) groups excluding carboxylic acids is 1. The Morgan fingerprint density at radius 2 is 2.12 bits per heavy atom. The van der Waals surface area contributed by atoms with Gasteiger partial charge in [0.2, 0.25) is 0 Å². The van der Waals surface area contributed by atoms with E-state index in [2.05, 4.69) is 36.4 Å². The third-order valence-corrected chi connectivity index (χ3v) is 3.74. The predicted molar refractivity (Wildman–Crippen MR) is 95.1 cm³/mol. The lowest BCUT2D eigenvalue weighted by atomic mass is 10.1. The summed E-state index contributed by atoms with van der Waals surface area (Å²) in [5.74, 6) is 0.728. The molecule has 1 N–H and O–H groups in total. The zero-order valence-corrected chi connectivity index (χ0v) is 14.5. The zero-order valence-electron chi connectivity index (χ0n) is 14.5. The molecule has 0 radical (unpaired) electrons. The van der Waals surface area contributed by atoms with E-state index in [0.717, 1.165) is 34.0 Å². The van der Waals surface area contributed by atoms with Crippen LogP contribution in [0, 0.1) is 12.8 Å². The van der Waals surface area contributed by atoms with Crippen LogP contribution in [0.5, 0.6) is 0 Å². The van der Waals surface area contributed by atoms with Crippen LogP contribution in [0.3, 0.4) is 0 Å². The minimum Gasteiger partial charge on any atom is -0.375 e. The highest BCUT2D eigenvalue weighted by molar-refractivity contribution is 6.03. The summed E-state index contributed by atoms with van der Waals surface area (Å²) in [6.07, 6.45) is 0. The van der Waals surface area contributed by atoms with Crippen molar-refractivity contribution in [2.24, 2.45) is 5.92 Å². The fraction of sp³-hybridized carbons (Fsp3) is 0.389. The van der Waals surface area contributed by atoms with Crippen molar-refractivity contribution in [3.63, 3.8) is 0 Å². The fourth-order valence-corrected chi connectivity index (χ4v) is 2.72. The molecule has 6 heteroatoms. The Morgan fingerprint density at radius 1 is 1.33 bits per heavy atom. The smallest absolute Gasteiger partial charge is 0.251 e. The first-order valence-electron chi connectivity index (χ1n) is 8.04. The SMILES string of the molecule is COCC(=O)Nc1nn(CC(C)C)c2nc3cc(C)ccc3cc12. The molecule has 1 amide bonds. The molecule has 3 rings (SSSR count). The average Bonchev–Trinajstić information content (AvgIpc) is 2.81. The number of nitrogens with zero attached hydrogens (tertiary/aromatic N) is 3. The normalized spacial score (nSPS) is 11.5. The largest absolute Gasteiger partial charge is 0.375 e. The average molecular weight is 326 g/mol. The first kappa shape index (κ1) is 16.4. The number of aromatic nitrogens is 3. The quantitative estimate of drug-likeness (QED) is 0.782. The lowest BCUT2D eigenvalue weighted by molar-refractivity contribution is -0.119. The van der Waals surface area contributed by atoms with Gasteiger partial charge in [-0.2, -0.15) is 5.10 Å². The summed E-state index contributed by atoms with van der Waals surface area (Å²) in [4.78, 5) is 16.7. The number of amides is 1. The second kappa shape index (κ2) is 6.57. The first-order valence-corrected chi connectivity index (χ1v) is 8.04. The van der Waals surface area contributed by atoms with Gasteiger partial charge >= 0.3 is 0 Å². The molecule has 0 atom stereocenters. The molecule has 0 fully saturated rings. The standard InChI is InChI=1S/C18H22N4O2/c1-11(2)9-22-18-14(17(21-22)20-16(23)10-24-4)8-13-6-5-12(3)7-15(13)19-18/h5-8,11H,9-10H2,1-4H3,(H,20,21,23). The van der Waals surface area contributed by atoms with Crippen LogP contribution in [0.4, 0.5) is 5.82 Å². The molecule has 0 bridgehead atoms. The molecule has 3 aromatic rings. The van der Waals surface area contributed by atoms with Gasteiger partial charge in [-0.15, -0.1) is 0 Å². The van der Waals surface area contributed by atoms with Gasteiger partial charge in [-0.05, 0) is 30.5 Å². The maximum Gasteiger partial charge on any atom is 0.251 e. The van der Waals surface area contributed by atoms with Crippen molar-refractivity contribution in [1.29, 1.82) is 0 Å². The highest BCUT2D eigenvalue weighted by Crippen LogP contribution is 2.27. The van der Waals surface area contributed by atoms with Gasteiger partial charge in [-0.3, -0.25) is 4.79 Å². The van der Waals surface area contributed by atoms with Crippen LogP contribution in [0.1, 0.15) is 19.4 Å². The molecule has 0 saturated heterocycles. The molecule has 6 nitrogen and oxygen atoms in total. The van der Waals surface area contributed by atoms with Gasteiger partial charge in [0.1, 0.15) is 6.61 Å². The number of anilines is 1. The summed E-state index contributed by atoms with van der Waals surface area (Å²) in [6.45, 7) is 7.04. The summed E-state index contributed by atoms with van der Waals surface area (Å²) >= 11 is 0. The number of aryl methyl sites for hydroxylation is 1. The molecular weight excluding hydrogens is 304 g/mol. The minimum absolute atomic E-state index is 0.00125. The molecule has 24 heavy (non-hydrogen) atoms. The second-order valence-corrected chi connectivity index (χ2v) is 6.46. The molecule has 2 aromatic heterocycles. The Morgan fingerprint density at radius 3 is 2.83 bits per heavy atom. The first-order chi connectivity index (χ1) is 11.5. The van der Waals surface area contributed by atoms with Crippen molar-refractivity contribution < 1.29 is 9.53 Å². The van der Waals surface area contributed by atoms with Crippen molar-refractivity contribution >= 4 is 33.7 Å². The molecular formula is C18H22N4O2. The number of carbonyl (C=O) groups is 1. The molecule has 126 valence electrons. The van der Waals surface area contributed by atoms with E-state index >= 15 is 0 Å². The Balaban J connectivity index is 2.16. The number of fused-ring (bicyclic) bond motifs is 2. The summed E-state index contributed by atoms with van der Waals surface area (Å²) in [7, 11) is 1.49. The number of nitrogens with one attached hydrogen (secondary N) is 1. The molecule has 0 aliphatic heterocycles. The number of methoxy groups -OCH3 is 1. The molecule has 0 aliphatic rings. The summed E-state index contributed by atoms with van der Waals surface area (Å²) in [5.41, 5.74) is 2.88. The van der Waals surface area contributed by atoms with Crippen LogP contribution in [0.25, 0.3) is 21.9 Å². The van der Waals surface area contributed by atoms with Gasteiger partial charge in [0.25, 0.3) is 5.91 Å². The van der Waals surface area contributed by atoms with E-state index in [1.54, 1.807) is 0 Å². The molecule has 0 spiro atoms. The van der Waals surface area contributed by atoms with Gasteiger partial charge in [0, 0.05) is 19.0 Å². The monoisotopic (exact) mass is 326 g/mol. The Bertz CT molecular complexity index is 899. The van der Waals surface area contributed by atoms with Crippen molar-refractivity contribution in [1.82, 2.24) is 14.8 Å². The highest BCUT2D eigenvalue weighted by Gasteiger charge is 2.16. The number of hydrogen-bond donors (Lipinski definition) is 1. The van der Waals surface area contributed by atoms with Crippen LogP contribution >= 0.6 is 0 Å². The van der Waals surface area contributed by atoms with Crippen molar-refractivity contribution in [2.75, 3.05) is 19.0 Å². The Kier molecular flexibility index (Phi) is 4.49. The minimum atomic E-state index is -0.224. The lowest BCUT2D eigenvalue weighted by Crippen LogP contribution is -2.18. The summed E-state index contributed by atoms with van der Waals surface area (Å²) < 4.78 is 6.75. The van der Waals surface area contributed by atoms with E-state index < -0.39 is 0 Å². The topological polar surface area (TPSA) is 69.0 Å². The van der Waals surface area contributed by atoms with Crippen LogP contribution in [0.15, 0.2) is 24.3 Å². The van der Waals surface area contributed by atoms with Crippen molar-refractivity contribution in [3.05, 3.63) is 29.8 Å². The van der Waals surface area contributed by atoms with E-state index in [1.165, 1.54) is 7.11 Å². The second-order valence-electron chi connectivity index (χ2n) is 6.46. The lowest BCUT2D eigenvalue weighted by Gasteiger charge is -2.06. The zero-order chi connectivity index (χ0) is 17.3. The fourth-order valence-electron chi connectivity index (χ4n) is 2.72. The summed E-state index contributed by atoms with van der Waals surface area (Å²) in [6, 6.07) is 8.18. The number of pyridine rings is 1. The van der Waals surface area contributed by atoms with Gasteiger partial charge < -0.3 is 10.1 Å². The van der Waals surface area contributed by atoms with Crippen LogP contribution in [-0.4, -0.2) is 34.4 Å². The molecule has 0 aliphatic carbocycles. The maximum absolute atomic E-state index is 11.9. The van der Waals surface area contributed by atoms with Crippen molar-refractivity contribution in [3.8, 4) is 0 Å². The third-order valence-electron chi connectivity index (χ3n) is 3.74. The molecule has 0 unspecified atom stereocenters. The molecule has 2 heterocycles.